The minimum absolute atomic E-state index is 0.0324. The molecule has 2 atom stereocenters. The van der Waals surface area contributed by atoms with Gasteiger partial charge in [-0.2, -0.15) is 0 Å². The van der Waals surface area contributed by atoms with E-state index in [1.54, 1.807) is 20.8 Å². The predicted molar refractivity (Wildman–Crippen MR) is 67.2 cm³/mol. The molecule has 2 rings (SSSR count). The number of aliphatic carboxylic acids is 1. The van der Waals surface area contributed by atoms with E-state index in [0.717, 1.165) is 4.90 Å². The number of carboxylic acids is 1. The molecule has 1 heterocycles. The largest absolute Gasteiger partial charge is 0.481 e. The third-order valence-electron chi connectivity index (χ3n) is 3.74. The van der Waals surface area contributed by atoms with Crippen LogP contribution < -0.4 is 0 Å². The summed E-state index contributed by atoms with van der Waals surface area (Å²) in [6.07, 6.45) is -1.58. The fraction of sp³-hybridized carbons (Fsp3) is 0.846. The van der Waals surface area contributed by atoms with Crippen molar-refractivity contribution in [2.24, 2.45) is 5.41 Å². The Hall–Kier alpha value is -1.44. The number of nitrogens with zero attached hydrogens (tertiary/aromatic N) is 1. The molecule has 1 saturated carbocycles. The molecule has 2 unspecified atom stereocenters. The Morgan fingerprint density at radius 3 is 2.38 bits per heavy atom. The number of hydrogen-bond acceptors (Lipinski definition) is 4. The van der Waals surface area contributed by atoms with Crippen LogP contribution in [-0.4, -0.2) is 59.4 Å². The number of rotatable bonds is 2. The molecule has 8 heteroatoms. The zero-order valence-corrected chi connectivity index (χ0v) is 12.2. The van der Waals surface area contributed by atoms with Crippen LogP contribution in [-0.2, 0) is 14.3 Å². The van der Waals surface area contributed by atoms with Crippen molar-refractivity contribution in [2.45, 2.75) is 44.8 Å². The minimum Gasteiger partial charge on any atom is -0.481 e. The summed E-state index contributed by atoms with van der Waals surface area (Å²) >= 11 is 0. The third-order valence-corrected chi connectivity index (χ3v) is 3.74. The summed E-state index contributed by atoms with van der Waals surface area (Å²) in [6, 6.07) is -1.23. The molecular formula is C13H19F2NO5. The first-order valence-electron chi connectivity index (χ1n) is 6.70. The first-order valence-corrected chi connectivity index (χ1v) is 6.70. The van der Waals surface area contributed by atoms with Crippen LogP contribution in [0.3, 0.4) is 0 Å². The Labute approximate surface area is 121 Å². The number of alkyl halides is 2. The van der Waals surface area contributed by atoms with E-state index in [4.69, 9.17) is 9.47 Å². The summed E-state index contributed by atoms with van der Waals surface area (Å²) in [7, 11) is 0. The Bertz CT molecular complexity index is 462. The van der Waals surface area contributed by atoms with Gasteiger partial charge in [-0.15, -0.1) is 0 Å². The average molecular weight is 307 g/mol. The molecule has 1 amide bonds. The molecule has 2 fully saturated rings. The summed E-state index contributed by atoms with van der Waals surface area (Å²) < 4.78 is 37.6. The molecule has 0 aromatic heterocycles. The van der Waals surface area contributed by atoms with Crippen molar-refractivity contribution in [1.82, 2.24) is 4.90 Å². The second-order valence-corrected chi connectivity index (χ2v) is 6.42. The second-order valence-electron chi connectivity index (χ2n) is 6.42. The van der Waals surface area contributed by atoms with Crippen LogP contribution >= 0.6 is 0 Å². The molecule has 0 aromatic rings. The number of morpholine rings is 1. The van der Waals surface area contributed by atoms with Gasteiger partial charge in [-0.3, -0.25) is 9.69 Å². The number of carbonyl (C=O) groups is 2. The van der Waals surface area contributed by atoms with Gasteiger partial charge in [-0.25, -0.2) is 13.6 Å². The first kappa shape index (κ1) is 15.9. The van der Waals surface area contributed by atoms with E-state index in [2.05, 4.69) is 0 Å². The molecule has 120 valence electrons. The Morgan fingerprint density at radius 2 is 1.95 bits per heavy atom. The van der Waals surface area contributed by atoms with Crippen molar-refractivity contribution < 1.29 is 33.0 Å². The van der Waals surface area contributed by atoms with Gasteiger partial charge in [-0.1, -0.05) is 0 Å². The average Bonchev–Trinajstić information content (AvgIpc) is 2.92. The lowest BCUT2D eigenvalue weighted by molar-refractivity contribution is -0.156. The van der Waals surface area contributed by atoms with E-state index < -0.39 is 41.5 Å². The van der Waals surface area contributed by atoms with Crippen LogP contribution in [0.1, 0.15) is 27.2 Å². The van der Waals surface area contributed by atoms with Gasteiger partial charge < -0.3 is 14.6 Å². The van der Waals surface area contributed by atoms with E-state index in [0.29, 0.717) is 0 Å². The normalized spacial score (nSPS) is 31.7. The lowest BCUT2D eigenvalue weighted by atomic mass is 9.94. The highest BCUT2D eigenvalue weighted by atomic mass is 19.3. The van der Waals surface area contributed by atoms with Crippen molar-refractivity contribution in [2.75, 3.05) is 19.8 Å². The highest BCUT2D eigenvalue weighted by molar-refractivity contribution is 5.83. The Balaban J connectivity index is 2.24. The summed E-state index contributed by atoms with van der Waals surface area (Å²) in [5.41, 5.74) is -3.06. The van der Waals surface area contributed by atoms with Gasteiger partial charge in [0.15, 0.2) is 5.41 Å². The lowest BCUT2D eigenvalue weighted by Gasteiger charge is -2.39. The topological polar surface area (TPSA) is 76.1 Å². The van der Waals surface area contributed by atoms with Crippen molar-refractivity contribution in [3.8, 4) is 0 Å². The van der Waals surface area contributed by atoms with Gasteiger partial charge in [0.2, 0.25) is 0 Å². The number of hydrogen-bond donors (Lipinski definition) is 1. The van der Waals surface area contributed by atoms with E-state index in [-0.39, 0.29) is 19.8 Å². The van der Waals surface area contributed by atoms with Crippen LogP contribution in [0.25, 0.3) is 0 Å². The molecule has 21 heavy (non-hydrogen) atoms. The summed E-state index contributed by atoms with van der Waals surface area (Å²) in [4.78, 5) is 24.5. The molecule has 0 radical (unpaired) electrons. The van der Waals surface area contributed by atoms with Crippen LogP contribution in [0.4, 0.5) is 13.6 Å². The molecule has 1 aliphatic heterocycles. The van der Waals surface area contributed by atoms with Gasteiger partial charge >= 0.3 is 12.1 Å². The van der Waals surface area contributed by atoms with Gasteiger partial charge in [-0.05, 0) is 20.8 Å². The number of amides is 1. The fourth-order valence-electron chi connectivity index (χ4n) is 2.59. The molecule has 2 aliphatic rings. The zero-order valence-electron chi connectivity index (χ0n) is 12.2. The van der Waals surface area contributed by atoms with Gasteiger partial charge in [0.1, 0.15) is 5.60 Å². The standard InChI is InChI=1S/C13H19F2NO5/c1-11(2,3)21-10(19)16-4-5-20-6-8(16)12(9(17)18)7-13(12,14)15/h8H,4-7H2,1-3H3,(H,17,18). The van der Waals surface area contributed by atoms with Crippen LogP contribution in [0, 0.1) is 5.41 Å². The Kier molecular flexibility index (Phi) is 3.64. The first-order chi connectivity index (χ1) is 9.51. The monoisotopic (exact) mass is 307 g/mol. The summed E-state index contributed by atoms with van der Waals surface area (Å²) in [5, 5.41) is 9.21. The zero-order chi connectivity index (χ0) is 16.1. The van der Waals surface area contributed by atoms with E-state index in [9.17, 15) is 23.5 Å². The molecular weight excluding hydrogens is 288 g/mol. The minimum atomic E-state index is -3.34. The molecule has 0 bridgehead atoms. The van der Waals surface area contributed by atoms with Gasteiger partial charge in [0.25, 0.3) is 5.92 Å². The summed E-state index contributed by atoms with van der Waals surface area (Å²) in [5.74, 6) is -4.96. The molecule has 0 spiro atoms. The number of halogens is 2. The summed E-state index contributed by atoms with van der Waals surface area (Å²) in [6.45, 7) is 4.92. The molecule has 6 nitrogen and oxygen atoms in total. The highest BCUT2D eigenvalue weighted by Crippen LogP contribution is 2.64. The number of carbonyl (C=O) groups excluding carboxylic acids is 1. The maximum absolute atomic E-state index is 13.6. The van der Waals surface area contributed by atoms with Crippen molar-refractivity contribution in [3.63, 3.8) is 0 Å². The smallest absolute Gasteiger partial charge is 0.410 e. The van der Waals surface area contributed by atoms with Gasteiger partial charge in [0, 0.05) is 13.0 Å². The molecule has 0 aromatic carbocycles. The SMILES string of the molecule is CC(C)(C)OC(=O)N1CCOCC1C1(C(=O)O)CC1(F)F. The van der Waals surface area contributed by atoms with Crippen molar-refractivity contribution >= 4 is 12.1 Å². The maximum Gasteiger partial charge on any atom is 0.410 e. The lowest BCUT2D eigenvalue weighted by Crippen LogP contribution is -2.57. The van der Waals surface area contributed by atoms with Crippen molar-refractivity contribution in [1.29, 1.82) is 0 Å². The van der Waals surface area contributed by atoms with Crippen LogP contribution in [0.2, 0.25) is 0 Å². The third kappa shape index (κ3) is 2.68. The molecule has 1 N–H and O–H groups in total. The van der Waals surface area contributed by atoms with E-state index >= 15 is 0 Å². The predicted octanol–water partition coefficient (Wildman–Crippen LogP) is 1.73. The number of ether oxygens (including phenoxy) is 2. The number of carboxylic acid groups (broad SMARTS) is 1. The van der Waals surface area contributed by atoms with Crippen LogP contribution in [0.5, 0.6) is 0 Å². The quantitative estimate of drug-likeness (QED) is 0.841. The Morgan fingerprint density at radius 1 is 1.38 bits per heavy atom. The maximum atomic E-state index is 13.6. The highest BCUT2D eigenvalue weighted by Gasteiger charge is 2.81. The molecule has 1 aliphatic carbocycles. The van der Waals surface area contributed by atoms with Gasteiger partial charge in [0.05, 0.1) is 19.3 Å². The fourth-order valence-corrected chi connectivity index (χ4v) is 2.59. The van der Waals surface area contributed by atoms with E-state index in [1.807, 2.05) is 0 Å². The van der Waals surface area contributed by atoms with Crippen LogP contribution in [0.15, 0.2) is 0 Å². The van der Waals surface area contributed by atoms with Crippen molar-refractivity contribution in [3.05, 3.63) is 0 Å². The van der Waals surface area contributed by atoms with E-state index in [1.165, 1.54) is 0 Å². The second kappa shape index (κ2) is 4.79. The molecule has 1 saturated heterocycles.